The second kappa shape index (κ2) is 6.36. The van der Waals surface area contributed by atoms with E-state index in [4.69, 9.17) is 4.74 Å². The van der Waals surface area contributed by atoms with Crippen molar-refractivity contribution in [2.45, 2.75) is 0 Å². The van der Waals surface area contributed by atoms with Crippen LogP contribution >= 0.6 is 0 Å². The van der Waals surface area contributed by atoms with E-state index < -0.39 is 0 Å². The first-order valence-electron chi connectivity index (χ1n) is 8.09. The monoisotopic (exact) mass is 330 g/mol. The van der Waals surface area contributed by atoms with E-state index in [0.717, 1.165) is 33.5 Å². The molecule has 0 saturated carbocycles. The molecule has 0 amide bonds. The van der Waals surface area contributed by atoms with Crippen molar-refractivity contribution in [1.82, 2.24) is 0 Å². The maximum absolute atomic E-state index is 13.3. The standard InChI is InChI=1S/C22H17FNO/c1-25-21-12-10-20(11-13-21)24-15-18-5-3-2-4-17(18)14-22(24)16-6-8-19(23)9-7-16/h2-15H,1H3/q+1. The summed E-state index contributed by atoms with van der Waals surface area (Å²) in [6, 6.07) is 24.8. The van der Waals surface area contributed by atoms with Gasteiger partial charge in [-0.2, -0.15) is 4.57 Å². The van der Waals surface area contributed by atoms with Gasteiger partial charge >= 0.3 is 0 Å². The Balaban J connectivity index is 1.96. The number of benzene rings is 3. The van der Waals surface area contributed by atoms with Gasteiger partial charge in [0.05, 0.1) is 7.11 Å². The Morgan fingerprint density at radius 3 is 2.16 bits per heavy atom. The molecule has 0 aliphatic rings. The van der Waals surface area contributed by atoms with Crippen LogP contribution in [0, 0.1) is 5.82 Å². The van der Waals surface area contributed by atoms with Gasteiger partial charge in [-0.05, 0) is 47.9 Å². The lowest BCUT2D eigenvalue weighted by Crippen LogP contribution is -2.33. The maximum Gasteiger partial charge on any atom is 0.219 e. The molecule has 2 nitrogen and oxygen atoms in total. The van der Waals surface area contributed by atoms with Crippen molar-refractivity contribution < 1.29 is 13.7 Å². The molecule has 0 aliphatic heterocycles. The lowest BCUT2D eigenvalue weighted by Gasteiger charge is -2.07. The van der Waals surface area contributed by atoms with Crippen LogP contribution in [-0.4, -0.2) is 7.11 Å². The molecule has 3 aromatic carbocycles. The zero-order valence-corrected chi connectivity index (χ0v) is 13.8. The molecule has 1 heterocycles. The third kappa shape index (κ3) is 2.96. The Kier molecular flexibility index (Phi) is 3.90. The summed E-state index contributed by atoms with van der Waals surface area (Å²) in [6.45, 7) is 0. The number of aromatic nitrogens is 1. The summed E-state index contributed by atoms with van der Waals surface area (Å²) in [4.78, 5) is 0. The van der Waals surface area contributed by atoms with Gasteiger partial charge in [0.2, 0.25) is 11.4 Å². The molecule has 122 valence electrons. The molecule has 3 heteroatoms. The Morgan fingerprint density at radius 2 is 1.48 bits per heavy atom. The summed E-state index contributed by atoms with van der Waals surface area (Å²) in [5.41, 5.74) is 2.98. The Hall–Kier alpha value is -3.20. The van der Waals surface area contributed by atoms with Crippen LogP contribution in [0.25, 0.3) is 27.7 Å². The minimum absolute atomic E-state index is 0.236. The van der Waals surface area contributed by atoms with E-state index in [2.05, 4.69) is 29.0 Å². The zero-order chi connectivity index (χ0) is 17.2. The van der Waals surface area contributed by atoms with Crippen molar-refractivity contribution in [3.05, 3.63) is 90.9 Å². The SMILES string of the molecule is COc1ccc(-[n+]2cc3ccccc3cc2-c2ccc(F)cc2)cc1. The van der Waals surface area contributed by atoms with Crippen LogP contribution in [-0.2, 0) is 0 Å². The number of ether oxygens (including phenoxy) is 1. The highest BCUT2D eigenvalue weighted by molar-refractivity contribution is 5.83. The van der Waals surface area contributed by atoms with Crippen LogP contribution in [0.1, 0.15) is 0 Å². The number of pyridine rings is 1. The minimum Gasteiger partial charge on any atom is -0.497 e. The Labute approximate surface area is 145 Å². The Morgan fingerprint density at radius 1 is 0.800 bits per heavy atom. The minimum atomic E-state index is -0.236. The van der Waals surface area contributed by atoms with Crippen molar-refractivity contribution in [1.29, 1.82) is 0 Å². The molecule has 0 spiro atoms. The quantitative estimate of drug-likeness (QED) is 0.485. The number of rotatable bonds is 3. The van der Waals surface area contributed by atoms with Gasteiger partial charge in [0.1, 0.15) is 11.6 Å². The highest BCUT2D eigenvalue weighted by Gasteiger charge is 2.17. The number of nitrogens with zero attached hydrogens (tertiary/aromatic N) is 1. The molecule has 0 atom stereocenters. The van der Waals surface area contributed by atoms with Crippen molar-refractivity contribution in [3.8, 4) is 22.7 Å². The summed E-state index contributed by atoms with van der Waals surface area (Å²) >= 11 is 0. The topological polar surface area (TPSA) is 13.1 Å². The third-order valence-electron chi connectivity index (χ3n) is 4.31. The number of hydrogen-bond donors (Lipinski definition) is 0. The first-order valence-corrected chi connectivity index (χ1v) is 8.09. The summed E-state index contributed by atoms with van der Waals surface area (Å²) in [5.74, 6) is 0.578. The van der Waals surface area contributed by atoms with E-state index in [-0.39, 0.29) is 5.82 Å². The molecule has 4 rings (SSSR count). The van der Waals surface area contributed by atoms with Gasteiger partial charge in [-0.1, -0.05) is 18.2 Å². The van der Waals surface area contributed by atoms with Gasteiger partial charge in [0.25, 0.3) is 0 Å². The van der Waals surface area contributed by atoms with Crippen LogP contribution in [0.2, 0.25) is 0 Å². The molecule has 0 saturated heterocycles. The van der Waals surface area contributed by atoms with Crippen molar-refractivity contribution in [3.63, 3.8) is 0 Å². The van der Waals surface area contributed by atoms with Gasteiger partial charge in [0.15, 0.2) is 6.20 Å². The predicted molar refractivity (Wildman–Crippen MR) is 97.4 cm³/mol. The van der Waals surface area contributed by atoms with Crippen molar-refractivity contribution in [2.24, 2.45) is 0 Å². The largest absolute Gasteiger partial charge is 0.497 e. The smallest absolute Gasteiger partial charge is 0.219 e. The average Bonchev–Trinajstić information content (AvgIpc) is 2.68. The van der Waals surface area contributed by atoms with Gasteiger partial charge in [0, 0.05) is 29.1 Å². The van der Waals surface area contributed by atoms with E-state index in [1.54, 1.807) is 19.2 Å². The normalized spacial score (nSPS) is 10.8. The molecule has 25 heavy (non-hydrogen) atoms. The van der Waals surface area contributed by atoms with E-state index in [1.807, 2.05) is 36.4 Å². The van der Waals surface area contributed by atoms with Crippen LogP contribution < -0.4 is 9.30 Å². The number of methoxy groups -OCH3 is 1. The van der Waals surface area contributed by atoms with Gasteiger partial charge in [-0.25, -0.2) is 4.39 Å². The molecule has 0 radical (unpaired) electrons. The lowest BCUT2D eigenvalue weighted by molar-refractivity contribution is -0.582. The molecule has 0 aliphatic carbocycles. The predicted octanol–water partition coefficient (Wildman–Crippen LogP) is 4.93. The first-order chi connectivity index (χ1) is 12.2. The molecule has 0 unspecified atom stereocenters. The summed E-state index contributed by atoms with van der Waals surface area (Å²) < 4.78 is 20.7. The van der Waals surface area contributed by atoms with Crippen LogP contribution in [0.4, 0.5) is 4.39 Å². The van der Waals surface area contributed by atoms with Crippen molar-refractivity contribution >= 4 is 10.8 Å². The van der Waals surface area contributed by atoms with Gasteiger partial charge < -0.3 is 4.74 Å². The number of hydrogen-bond acceptors (Lipinski definition) is 1. The number of halogens is 1. The second-order valence-corrected chi connectivity index (χ2v) is 5.86. The summed E-state index contributed by atoms with van der Waals surface area (Å²) in [7, 11) is 1.65. The fourth-order valence-corrected chi connectivity index (χ4v) is 2.98. The average molecular weight is 330 g/mol. The van der Waals surface area contributed by atoms with E-state index >= 15 is 0 Å². The zero-order valence-electron chi connectivity index (χ0n) is 13.8. The second-order valence-electron chi connectivity index (χ2n) is 5.86. The summed E-state index contributed by atoms with van der Waals surface area (Å²) in [5, 5.41) is 2.29. The van der Waals surface area contributed by atoms with E-state index in [1.165, 1.54) is 12.1 Å². The van der Waals surface area contributed by atoms with Gasteiger partial charge in [-0.15, -0.1) is 0 Å². The highest BCUT2D eigenvalue weighted by Crippen LogP contribution is 2.23. The molecule has 4 aromatic rings. The molecule has 1 aromatic heterocycles. The van der Waals surface area contributed by atoms with Gasteiger partial charge in [-0.3, -0.25) is 0 Å². The lowest BCUT2D eigenvalue weighted by atomic mass is 10.1. The maximum atomic E-state index is 13.3. The molecular formula is C22H17FNO+. The molecule has 0 bridgehead atoms. The fourth-order valence-electron chi connectivity index (χ4n) is 2.98. The fraction of sp³-hybridized carbons (Fsp3) is 0.0455. The molecular weight excluding hydrogens is 313 g/mol. The van der Waals surface area contributed by atoms with Crippen LogP contribution in [0.5, 0.6) is 5.75 Å². The number of fused-ring (bicyclic) bond motifs is 1. The summed E-state index contributed by atoms with van der Waals surface area (Å²) in [6.07, 6.45) is 2.11. The third-order valence-corrected chi connectivity index (χ3v) is 4.31. The Bertz CT molecular complexity index is 1020. The molecule has 0 N–H and O–H groups in total. The first kappa shape index (κ1) is 15.3. The van der Waals surface area contributed by atoms with Crippen LogP contribution in [0.15, 0.2) is 85.1 Å². The van der Waals surface area contributed by atoms with E-state index in [0.29, 0.717) is 0 Å². The van der Waals surface area contributed by atoms with E-state index in [9.17, 15) is 4.39 Å². The van der Waals surface area contributed by atoms with Crippen molar-refractivity contribution in [2.75, 3.05) is 7.11 Å². The van der Waals surface area contributed by atoms with Crippen LogP contribution in [0.3, 0.4) is 0 Å². The molecule has 0 fully saturated rings. The highest BCUT2D eigenvalue weighted by atomic mass is 19.1.